The summed E-state index contributed by atoms with van der Waals surface area (Å²) in [6, 6.07) is 0.408. The zero-order chi connectivity index (χ0) is 9.54. The van der Waals surface area contributed by atoms with Gasteiger partial charge in [0.25, 0.3) is 5.91 Å². The second-order valence-electron chi connectivity index (χ2n) is 3.85. The lowest BCUT2D eigenvalue weighted by molar-refractivity contribution is 0.0950. The number of thiazole rings is 1. The van der Waals surface area contributed by atoms with Gasteiger partial charge in [0, 0.05) is 19.1 Å². The first-order valence-electron chi connectivity index (χ1n) is 4.76. The minimum atomic E-state index is 0.0342. The Morgan fingerprint density at radius 2 is 2.36 bits per heavy atom. The minimum Gasteiger partial charge on any atom is -0.348 e. The van der Waals surface area contributed by atoms with Gasteiger partial charge in [0.1, 0.15) is 4.88 Å². The Hall–Kier alpha value is -0.940. The summed E-state index contributed by atoms with van der Waals surface area (Å²) in [7, 11) is 0. The first-order valence-corrected chi connectivity index (χ1v) is 5.64. The van der Waals surface area contributed by atoms with Gasteiger partial charge >= 0.3 is 0 Å². The molecule has 0 radical (unpaired) electrons. The fourth-order valence-corrected chi connectivity index (χ4v) is 2.71. The van der Waals surface area contributed by atoms with E-state index in [1.807, 2.05) is 0 Å². The predicted octanol–water partition coefficient (Wildman–Crippen LogP) is 0.0907. The molecule has 1 aliphatic carbocycles. The van der Waals surface area contributed by atoms with Crippen molar-refractivity contribution in [3.8, 4) is 0 Å². The predicted molar refractivity (Wildman–Crippen MR) is 53.2 cm³/mol. The number of aromatic nitrogens is 1. The van der Waals surface area contributed by atoms with E-state index in [1.54, 1.807) is 11.7 Å². The lowest BCUT2D eigenvalue weighted by Crippen LogP contribution is -2.32. The van der Waals surface area contributed by atoms with E-state index in [2.05, 4.69) is 15.6 Å². The number of rotatable bonds is 2. The quantitative estimate of drug-likeness (QED) is 0.726. The molecule has 1 saturated carbocycles. The van der Waals surface area contributed by atoms with Crippen LogP contribution < -0.4 is 10.6 Å². The van der Waals surface area contributed by atoms with Gasteiger partial charge in [0.2, 0.25) is 0 Å². The molecule has 2 atom stereocenters. The molecule has 5 heteroatoms. The Kier molecular flexibility index (Phi) is 1.81. The number of nitrogens with zero attached hydrogens (tertiary/aromatic N) is 1. The zero-order valence-electron chi connectivity index (χ0n) is 7.56. The molecule has 0 spiro atoms. The van der Waals surface area contributed by atoms with Crippen molar-refractivity contribution < 1.29 is 4.79 Å². The summed E-state index contributed by atoms with van der Waals surface area (Å²) in [5, 5.41) is 6.35. The zero-order valence-corrected chi connectivity index (χ0v) is 8.38. The van der Waals surface area contributed by atoms with Crippen LogP contribution in [0.25, 0.3) is 0 Å². The highest BCUT2D eigenvalue weighted by atomic mass is 32.1. The third-order valence-corrected chi connectivity index (χ3v) is 3.82. The van der Waals surface area contributed by atoms with Crippen molar-refractivity contribution in [2.75, 3.05) is 13.1 Å². The number of hydrogen-bond acceptors (Lipinski definition) is 4. The third-order valence-electron chi connectivity index (χ3n) is 3.05. The topological polar surface area (TPSA) is 54.0 Å². The van der Waals surface area contributed by atoms with Crippen LogP contribution in [0.2, 0.25) is 0 Å². The molecule has 2 aliphatic rings. The molecule has 2 fully saturated rings. The standard InChI is InChI=1S/C9H11N3OS/c13-9(7-3-11-4-14-7)12-8-5-1-10-2-6(5)8/h3-6,8,10H,1-2H2,(H,12,13). The number of carbonyl (C=O) groups excluding carboxylic acids is 1. The van der Waals surface area contributed by atoms with Crippen LogP contribution in [0.3, 0.4) is 0 Å². The van der Waals surface area contributed by atoms with E-state index in [0.29, 0.717) is 22.8 Å². The van der Waals surface area contributed by atoms with Gasteiger partial charge in [-0.15, -0.1) is 11.3 Å². The Morgan fingerprint density at radius 1 is 1.57 bits per heavy atom. The van der Waals surface area contributed by atoms with E-state index in [9.17, 15) is 4.79 Å². The van der Waals surface area contributed by atoms with Crippen LogP contribution in [-0.4, -0.2) is 30.0 Å². The molecule has 4 nitrogen and oxygen atoms in total. The number of fused-ring (bicyclic) bond motifs is 1. The highest BCUT2D eigenvalue weighted by Gasteiger charge is 2.53. The van der Waals surface area contributed by atoms with Crippen molar-refractivity contribution in [3.63, 3.8) is 0 Å². The van der Waals surface area contributed by atoms with E-state index in [0.717, 1.165) is 13.1 Å². The summed E-state index contributed by atoms with van der Waals surface area (Å²) in [6.07, 6.45) is 1.62. The monoisotopic (exact) mass is 209 g/mol. The van der Waals surface area contributed by atoms with Crippen LogP contribution >= 0.6 is 11.3 Å². The van der Waals surface area contributed by atoms with E-state index in [4.69, 9.17) is 0 Å². The van der Waals surface area contributed by atoms with E-state index < -0.39 is 0 Å². The normalized spacial score (nSPS) is 33.9. The Balaban J connectivity index is 1.61. The van der Waals surface area contributed by atoms with Gasteiger partial charge in [-0.3, -0.25) is 9.78 Å². The molecular weight excluding hydrogens is 198 g/mol. The van der Waals surface area contributed by atoms with Crippen LogP contribution in [0.15, 0.2) is 11.7 Å². The molecule has 2 heterocycles. The Morgan fingerprint density at radius 3 is 3.00 bits per heavy atom. The van der Waals surface area contributed by atoms with Gasteiger partial charge in [0.05, 0.1) is 11.7 Å². The van der Waals surface area contributed by atoms with Crippen LogP contribution in [0.4, 0.5) is 0 Å². The van der Waals surface area contributed by atoms with Crippen molar-refractivity contribution in [1.29, 1.82) is 0 Å². The number of amides is 1. The number of hydrogen-bond donors (Lipinski definition) is 2. The Labute approximate surface area is 85.7 Å². The average Bonchev–Trinajstić information content (AvgIpc) is 2.75. The summed E-state index contributed by atoms with van der Waals surface area (Å²) < 4.78 is 0. The van der Waals surface area contributed by atoms with Crippen molar-refractivity contribution in [3.05, 3.63) is 16.6 Å². The van der Waals surface area contributed by atoms with Gasteiger partial charge in [-0.2, -0.15) is 0 Å². The maximum atomic E-state index is 11.6. The van der Waals surface area contributed by atoms with E-state index in [1.165, 1.54) is 11.3 Å². The molecular formula is C9H11N3OS. The maximum Gasteiger partial charge on any atom is 0.263 e. The molecule has 2 unspecified atom stereocenters. The molecule has 1 aliphatic heterocycles. The lowest BCUT2D eigenvalue weighted by atomic mass is 10.4. The summed E-state index contributed by atoms with van der Waals surface area (Å²) in [4.78, 5) is 16.2. The second kappa shape index (κ2) is 3.03. The van der Waals surface area contributed by atoms with Gasteiger partial charge in [0.15, 0.2) is 0 Å². The summed E-state index contributed by atoms with van der Waals surface area (Å²) in [6.45, 7) is 2.11. The van der Waals surface area contributed by atoms with Gasteiger partial charge < -0.3 is 10.6 Å². The van der Waals surface area contributed by atoms with Crippen LogP contribution in [0.1, 0.15) is 9.67 Å². The fourth-order valence-electron chi connectivity index (χ4n) is 2.18. The highest BCUT2D eigenvalue weighted by Crippen LogP contribution is 2.41. The molecule has 14 heavy (non-hydrogen) atoms. The smallest absolute Gasteiger partial charge is 0.263 e. The molecule has 1 aromatic heterocycles. The summed E-state index contributed by atoms with van der Waals surface area (Å²) >= 11 is 1.39. The fraction of sp³-hybridized carbons (Fsp3) is 0.556. The van der Waals surface area contributed by atoms with Crippen LogP contribution in [-0.2, 0) is 0 Å². The van der Waals surface area contributed by atoms with E-state index in [-0.39, 0.29) is 5.91 Å². The van der Waals surface area contributed by atoms with Gasteiger partial charge in [-0.1, -0.05) is 0 Å². The third kappa shape index (κ3) is 1.24. The summed E-state index contributed by atoms with van der Waals surface area (Å²) in [5.74, 6) is 1.38. The number of carbonyl (C=O) groups is 1. The number of nitrogens with one attached hydrogen (secondary N) is 2. The van der Waals surface area contributed by atoms with Gasteiger partial charge in [-0.05, 0) is 11.8 Å². The first-order chi connectivity index (χ1) is 6.86. The molecule has 1 amide bonds. The Bertz CT molecular complexity index is 341. The van der Waals surface area contributed by atoms with E-state index >= 15 is 0 Å². The van der Waals surface area contributed by atoms with Crippen molar-refractivity contribution in [2.24, 2.45) is 11.8 Å². The summed E-state index contributed by atoms with van der Waals surface area (Å²) in [5.41, 5.74) is 1.68. The van der Waals surface area contributed by atoms with Crippen molar-refractivity contribution in [1.82, 2.24) is 15.6 Å². The molecule has 74 valence electrons. The first kappa shape index (κ1) is 8.38. The maximum absolute atomic E-state index is 11.6. The van der Waals surface area contributed by atoms with Gasteiger partial charge in [-0.25, -0.2) is 0 Å². The molecule has 1 saturated heterocycles. The molecule has 1 aromatic rings. The van der Waals surface area contributed by atoms with Crippen molar-refractivity contribution in [2.45, 2.75) is 6.04 Å². The highest BCUT2D eigenvalue weighted by molar-refractivity contribution is 7.11. The SMILES string of the molecule is O=C(NC1C2CNCC21)c1cncs1. The molecule has 2 N–H and O–H groups in total. The lowest BCUT2D eigenvalue weighted by Gasteiger charge is -2.05. The van der Waals surface area contributed by atoms with Crippen molar-refractivity contribution >= 4 is 17.2 Å². The molecule has 0 bridgehead atoms. The second-order valence-corrected chi connectivity index (χ2v) is 4.74. The molecule has 0 aromatic carbocycles. The minimum absolute atomic E-state index is 0.0342. The molecule has 3 rings (SSSR count). The number of piperidine rings is 1. The average molecular weight is 209 g/mol. The largest absolute Gasteiger partial charge is 0.348 e. The van der Waals surface area contributed by atoms with Crippen LogP contribution in [0.5, 0.6) is 0 Å². The van der Waals surface area contributed by atoms with Crippen LogP contribution in [0, 0.1) is 11.8 Å².